The fourth-order valence-corrected chi connectivity index (χ4v) is 4.69. The molecule has 0 bridgehead atoms. The minimum Gasteiger partial charge on any atom is -0.493 e. The second-order valence-corrected chi connectivity index (χ2v) is 9.28. The molecule has 4 rings (SSSR count). The first-order valence-electron chi connectivity index (χ1n) is 11.1. The summed E-state index contributed by atoms with van der Waals surface area (Å²) in [6, 6.07) is 9.80. The van der Waals surface area contributed by atoms with Crippen LogP contribution >= 0.6 is 11.8 Å². The van der Waals surface area contributed by atoms with E-state index in [0.29, 0.717) is 29.3 Å². The van der Waals surface area contributed by atoms with E-state index in [4.69, 9.17) is 40.0 Å². The van der Waals surface area contributed by atoms with Crippen molar-refractivity contribution in [1.29, 1.82) is 0 Å². The minimum atomic E-state index is -5.08. The number of fused-ring (bicyclic) bond motifs is 3. The summed E-state index contributed by atoms with van der Waals surface area (Å²) in [6.45, 7) is 2.85. The molecule has 10 nitrogen and oxygen atoms in total. The zero-order valence-electron chi connectivity index (χ0n) is 20.8. The van der Waals surface area contributed by atoms with E-state index in [9.17, 15) is 26.3 Å². The van der Waals surface area contributed by atoms with Gasteiger partial charge in [0.05, 0.1) is 19.3 Å². The molecule has 0 amide bonds. The number of methoxy groups -OCH3 is 1. The molecule has 220 valence electrons. The van der Waals surface area contributed by atoms with Crippen LogP contribution in [0.25, 0.3) is 0 Å². The van der Waals surface area contributed by atoms with Gasteiger partial charge in [-0.3, -0.25) is 4.99 Å². The summed E-state index contributed by atoms with van der Waals surface area (Å²) in [5.74, 6) is -1.93. The Kier molecular flexibility index (Phi) is 10.5. The number of carboxylic acid groups (broad SMARTS) is 2. The molecule has 1 aromatic carbocycles. The summed E-state index contributed by atoms with van der Waals surface area (Å²) in [7, 11) is 1.63. The summed E-state index contributed by atoms with van der Waals surface area (Å²) in [5, 5.41) is 18.2. The first-order valence-corrected chi connectivity index (χ1v) is 12.1. The Morgan fingerprint density at radius 1 is 1.15 bits per heavy atom. The maximum absolute atomic E-state index is 10.6. The van der Waals surface area contributed by atoms with Gasteiger partial charge in [-0.2, -0.15) is 26.3 Å². The molecule has 17 heteroatoms. The summed E-state index contributed by atoms with van der Waals surface area (Å²) >= 11 is 1.63. The lowest BCUT2D eigenvalue weighted by Crippen LogP contribution is -2.37. The largest absolute Gasteiger partial charge is 0.493 e. The van der Waals surface area contributed by atoms with Crippen LogP contribution in [0, 0.1) is 5.92 Å². The Balaban J connectivity index is 0.000000333. The van der Waals surface area contributed by atoms with Gasteiger partial charge in [0.15, 0.2) is 16.7 Å². The van der Waals surface area contributed by atoms with Gasteiger partial charge in [0.2, 0.25) is 0 Å². The number of carbonyl (C=O) groups is 2. The molecule has 5 N–H and O–H groups in total. The Hall–Kier alpha value is -3.89. The number of halogens is 6. The standard InChI is InChI=1S/C19H22N4O2S.2C2HF3O2/c1-19-12(11-26-18(20)23-19)7-9-25-15-6-5-13(10-14(15)19)22-17-16(24-2)4-3-8-21-17;2*3-2(4,5)1(6)7/h3-6,8,10,12H,7,9,11H2,1-2H3,(H2,20,23)(H,21,22);2*(H,6,7)/t12-,19+;;/m1../s1. The molecule has 1 aromatic heterocycles. The molecule has 0 saturated carbocycles. The molecule has 0 spiro atoms. The molecule has 2 aliphatic rings. The third kappa shape index (κ3) is 8.56. The van der Waals surface area contributed by atoms with Crippen molar-refractivity contribution in [2.24, 2.45) is 16.6 Å². The van der Waals surface area contributed by atoms with Gasteiger partial charge in [-0.1, -0.05) is 11.8 Å². The molecular formula is C23H24F6N4O6S. The van der Waals surface area contributed by atoms with Crippen molar-refractivity contribution in [3.05, 3.63) is 42.1 Å². The van der Waals surface area contributed by atoms with Gasteiger partial charge in [0.1, 0.15) is 5.75 Å². The van der Waals surface area contributed by atoms with Crippen molar-refractivity contribution in [2.45, 2.75) is 31.2 Å². The number of aliphatic carboxylic acids is 2. The lowest BCUT2D eigenvalue weighted by atomic mass is 9.79. The van der Waals surface area contributed by atoms with Gasteiger partial charge in [0, 0.05) is 29.1 Å². The van der Waals surface area contributed by atoms with Crippen molar-refractivity contribution < 1.29 is 55.6 Å². The van der Waals surface area contributed by atoms with Crippen LogP contribution in [0.15, 0.2) is 41.5 Å². The van der Waals surface area contributed by atoms with Crippen molar-refractivity contribution in [3.8, 4) is 11.5 Å². The molecule has 2 aromatic rings. The Labute approximate surface area is 227 Å². The number of aromatic nitrogens is 1. The number of amidine groups is 1. The summed E-state index contributed by atoms with van der Waals surface area (Å²) in [4.78, 5) is 27.0. The molecule has 2 atom stereocenters. The first kappa shape index (κ1) is 32.3. The van der Waals surface area contributed by atoms with Crippen LogP contribution in [0.5, 0.6) is 11.5 Å². The Morgan fingerprint density at radius 3 is 2.30 bits per heavy atom. The predicted octanol–water partition coefficient (Wildman–Crippen LogP) is 4.78. The van der Waals surface area contributed by atoms with Crippen molar-refractivity contribution in [1.82, 2.24) is 4.98 Å². The smallest absolute Gasteiger partial charge is 0.490 e. The number of alkyl halides is 6. The van der Waals surface area contributed by atoms with Crippen LogP contribution in [-0.4, -0.2) is 64.1 Å². The quantitative estimate of drug-likeness (QED) is 0.363. The number of ether oxygens (including phenoxy) is 2. The van der Waals surface area contributed by atoms with E-state index in [0.717, 1.165) is 29.2 Å². The minimum absolute atomic E-state index is 0.382. The maximum atomic E-state index is 10.6. The normalized spacial score (nSPS) is 19.8. The third-order valence-electron chi connectivity index (χ3n) is 5.56. The Bertz CT molecular complexity index is 1220. The zero-order chi connectivity index (χ0) is 30.3. The maximum Gasteiger partial charge on any atom is 0.490 e. The van der Waals surface area contributed by atoms with E-state index < -0.39 is 24.3 Å². The van der Waals surface area contributed by atoms with E-state index in [1.54, 1.807) is 25.1 Å². The number of nitrogens with one attached hydrogen (secondary N) is 1. The highest BCUT2D eigenvalue weighted by atomic mass is 32.2. The number of nitrogens with zero attached hydrogens (tertiary/aromatic N) is 2. The van der Waals surface area contributed by atoms with Crippen LogP contribution < -0.4 is 20.5 Å². The number of aliphatic imine (C=N–C) groups is 1. The van der Waals surface area contributed by atoms with E-state index in [1.165, 1.54) is 0 Å². The molecule has 40 heavy (non-hydrogen) atoms. The summed E-state index contributed by atoms with van der Waals surface area (Å²) < 4.78 is 74.9. The molecule has 0 radical (unpaired) electrons. The number of carboxylic acids is 2. The summed E-state index contributed by atoms with van der Waals surface area (Å²) in [5.41, 5.74) is 7.66. The number of nitrogens with two attached hydrogens (primary N) is 1. The van der Waals surface area contributed by atoms with Crippen LogP contribution in [0.2, 0.25) is 0 Å². The molecule has 2 aliphatic heterocycles. The third-order valence-corrected chi connectivity index (χ3v) is 6.51. The fraction of sp³-hybridized carbons (Fsp3) is 0.391. The SMILES string of the molecule is COc1cccnc1Nc1ccc2c(c1)[C@@]1(C)N=C(N)SC[C@H]1CCO2.O=C(O)C(F)(F)F.O=C(O)C(F)(F)F. The van der Waals surface area contributed by atoms with Crippen molar-refractivity contribution in [2.75, 3.05) is 24.8 Å². The van der Waals surface area contributed by atoms with Gasteiger partial charge in [-0.05, 0) is 43.7 Å². The number of hydrogen-bond acceptors (Lipinski definition) is 9. The monoisotopic (exact) mass is 598 g/mol. The molecule has 0 saturated heterocycles. The molecule has 0 fully saturated rings. The lowest BCUT2D eigenvalue weighted by molar-refractivity contribution is -0.193. The van der Waals surface area contributed by atoms with Crippen LogP contribution in [-0.2, 0) is 15.1 Å². The van der Waals surface area contributed by atoms with Crippen molar-refractivity contribution >= 4 is 40.4 Å². The lowest BCUT2D eigenvalue weighted by Gasteiger charge is -2.36. The Morgan fingerprint density at radius 2 is 1.75 bits per heavy atom. The van der Waals surface area contributed by atoms with Gasteiger partial charge < -0.3 is 30.7 Å². The molecular weight excluding hydrogens is 574 g/mol. The second kappa shape index (κ2) is 13.0. The molecule has 3 heterocycles. The molecule has 0 unspecified atom stereocenters. The molecule has 0 aliphatic carbocycles. The van der Waals surface area contributed by atoms with Crippen LogP contribution in [0.4, 0.5) is 37.8 Å². The number of rotatable bonds is 3. The number of hydrogen-bond donors (Lipinski definition) is 4. The average Bonchev–Trinajstić information content (AvgIpc) is 2.99. The zero-order valence-corrected chi connectivity index (χ0v) is 21.7. The van der Waals surface area contributed by atoms with Gasteiger partial charge in [0.25, 0.3) is 0 Å². The van der Waals surface area contributed by atoms with Crippen LogP contribution in [0.3, 0.4) is 0 Å². The van der Waals surface area contributed by atoms with E-state index in [2.05, 4.69) is 23.3 Å². The van der Waals surface area contributed by atoms with E-state index in [1.807, 2.05) is 24.3 Å². The highest BCUT2D eigenvalue weighted by molar-refractivity contribution is 8.13. The van der Waals surface area contributed by atoms with Gasteiger partial charge in [-0.25, -0.2) is 14.6 Å². The van der Waals surface area contributed by atoms with E-state index in [-0.39, 0.29) is 5.54 Å². The number of thioether (sulfide) groups is 1. The average molecular weight is 599 g/mol. The first-order chi connectivity index (χ1) is 18.5. The van der Waals surface area contributed by atoms with Gasteiger partial charge >= 0.3 is 24.3 Å². The van der Waals surface area contributed by atoms with Gasteiger partial charge in [-0.15, -0.1) is 0 Å². The predicted molar refractivity (Wildman–Crippen MR) is 133 cm³/mol. The van der Waals surface area contributed by atoms with Crippen LogP contribution in [0.1, 0.15) is 18.9 Å². The highest BCUT2D eigenvalue weighted by Crippen LogP contribution is 2.47. The number of pyridine rings is 1. The number of benzene rings is 1. The fourth-order valence-electron chi connectivity index (χ4n) is 3.57. The van der Waals surface area contributed by atoms with Crippen molar-refractivity contribution in [3.63, 3.8) is 0 Å². The number of anilines is 2. The summed E-state index contributed by atoms with van der Waals surface area (Å²) in [6.07, 6.45) is -7.47. The second-order valence-electron chi connectivity index (χ2n) is 8.24. The topological polar surface area (TPSA) is 156 Å². The van der Waals surface area contributed by atoms with E-state index >= 15 is 0 Å². The highest BCUT2D eigenvalue weighted by Gasteiger charge is 2.43.